The van der Waals surface area contributed by atoms with Gasteiger partial charge in [0.2, 0.25) is 0 Å². The van der Waals surface area contributed by atoms with Crippen molar-refractivity contribution in [3.63, 3.8) is 0 Å². The first kappa shape index (κ1) is 14.3. The monoisotopic (exact) mass is 302 g/mol. The van der Waals surface area contributed by atoms with Gasteiger partial charge in [-0.05, 0) is 30.3 Å². The lowest BCUT2D eigenvalue weighted by Crippen LogP contribution is -2.17. The number of alkyl halides is 3. The van der Waals surface area contributed by atoms with E-state index in [1.54, 1.807) is 18.2 Å². The number of anilines is 3. The van der Waals surface area contributed by atoms with E-state index in [2.05, 4.69) is 10.1 Å². The highest BCUT2D eigenvalue weighted by molar-refractivity contribution is 6.33. The summed E-state index contributed by atoms with van der Waals surface area (Å²) in [7, 11) is 0. The molecule has 2 aromatic rings. The third-order valence-corrected chi connectivity index (χ3v) is 2.69. The molecule has 0 fully saturated rings. The van der Waals surface area contributed by atoms with Crippen molar-refractivity contribution in [3.8, 4) is 5.75 Å². The molecule has 2 aromatic carbocycles. The molecule has 0 aliphatic rings. The first-order valence-corrected chi connectivity index (χ1v) is 5.90. The summed E-state index contributed by atoms with van der Waals surface area (Å²) in [6.45, 7) is 0. The Morgan fingerprint density at radius 3 is 2.40 bits per heavy atom. The molecule has 0 amide bonds. The second-order valence-corrected chi connectivity index (χ2v) is 4.32. The van der Waals surface area contributed by atoms with E-state index in [4.69, 9.17) is 17.3 Å². The zero-order valence-electron chi connectivity index (χ0n) is 10.0. The van der Waals surface area contributed by atoms with E-state index in [1.165, 1.54) is 24.3 Å². The average molecular weight is 303 g/mol. The maximum absolute atomic E-state index is 12.3. The third-order valence-electron chi connectivity index (χ3n) is 2.38. The zero-order valence-corrected chi connectivity index (χ0v) is 10.8. The van der Waals surface area contributed by atoms with E-state index in [1.807, 2.05) is 0 Å². The van der Waals surface area contributed by atoms with Gasteiger partial charge in [0.05, 0.1) is 16.4 Å². The summed E-state index contributed by atoms with van der Waals surface area (Å²) in [5, 5.41) is 3.08. The minimum Gasteiger partial charge on any atom is -0.404 e. The largest absolute Gasteiger partial charge is 0.573 e. The summed E-state index contributed by atoms with van der Waals surface area (Å²) in [4.78, 5) is 0. The third kappa shape index (κ3) is 3.71. The smallest absolute Gasteiger partial charge is 0.404 e. The van der Waals surface area contributed by atoms with Crippen LogP contribution in [0.1, 0.15) is 0 Å². The molecule has 7 heteroatoms. The molecule has 3 N–H and O–H groups in total. The fraction of sp³-hybridized carbons (Fsp3) is 0.0769. The number of nitrogens with one attached hydrogen (secondary N) is 1. The Balaban J connectivity index is 2.29. The van der Waals surface area contributed by atoms with Crippen LogP contribution in [0, 0.1) is 0 Å². The highest BCUT2D eigenvalue weighted by Gasteiger charge is 2.32. The lowest BCUT2D eigenvalue weighted by molar-refractivity contribution is -0.274. The lowest BCUT2D eigenvalue weighted by Gasteiger charge is -2.15. The maximum Gasteiger partial charge on any atom is 0.573 e. The molecule has 0 spiro atoms. The standard InChI is InChI=1S/C13H10ClF3N2O/c14-9-7-8(18)5-6-10(9)19-11-3-1-2-4-12(11)20-13(15,16)17/h1-7,19H,18H2. The van der Waals surface area contributed by atoms with Gasteiger partial charge in [0.25, 0.3) is 0 Å². The lowest BCUT2D eigenvalue weighted by atomic mass is 10.2. The molecule has 0 aromatic heterocycles. The normalized spacial score (nSPS) is 11.2. The maximum atomic E-state index is 12.3. The van der Waals surface area contributed by atoms with Crippen molar-refractivity contribution in [3.05, 3.63) is 47.5 Å². The minimum atomic E-state index is -4.76. The molecule has 0 bridgehead atoms. The molecular formula is C13H10ClF3N2O. The molecule has 0 heterocycles. The van der Waals surface area contributed by atoms with Crippen molar-refractivity contribution in [2.75, 3.05) is 11.1 Å². The van der Waals surface area contributed by atoms with Crippen molar-refractivity contribution in [2.45, 2.75) is 6.36 Å². The Hall–Kier alpha value is -2.08. The van der Waals surface area contributed by atoms with Crippen LogP contribution in [0.25, 0.3) is 0 Å². The Morgan fingerprint density at radius 2 is 1.75 bits per heavy atom. The molecule has 0 saturated carbocycles. The molecule has 0 aliphatic carbocycles. The van der Waals surface area contributed by atoms with Gasteiger partial charge in [-0.15, -0.1) is 13.2 Å². The number of halogens is 4. The molecule has 0 atom stereocenters. The first-order valence-electron chi connectivity index (χ1n) is 5.52. The second-order valence-electron chi connectivity index (χ2n) is 3.91. The van der Waals surface area contributed by atoms with Crippen LogP contribution in [-0.4, -0.2) is 6.36 Å². The van der Waals surface area contributed by atoms with Crippen LogP contribution in [0.15, 0.2) is 42.5 Å². The van der Waals surface area contributed by atoms with Crippen molar-refractivity contribution in [1.82, 2.24) is 0 Å². The highest BCUT2D eigenvalue weighted by Crippen LogP contribution is 2.34. The SMILES string of the molecule is Nc1ccc(Nc2ccccc2OC(F)(F)F)c(Cl)c1. The van der Waals surface area contributed by atoms with Crippen LogP contribution in [0.3, 0.4) is 0 Å². The van der Waals surface area contributed by atoms with Crippen LogP contribution in [0.5, 0.6) is 5.75 Å². The molecule has 20 heavy (non-hydrogen) atoms. The van der Waals surface area contributed by atoms with Crippen LogP contribution < -0.4 is 15.8 Å². The molecule has 106 valence electrons. The van der Waals surface area contributed by atoms with Gasteiger partial charge in [-0.2, -0.15) is 0 Å². The Bertz CT molecular complexity index is 617. The van der Waals surface area contributed by atoms with Crippen LogP contribution in [0.4, 0.5) is 30.2 Å². The molecule has 2 rings (SSSR count). The summed E-state index contributed by atoms with van der Waals surface area (Å²) in [5.74, 6) is -0.340. The second kappa shape index (κ2) is 5.50. The van der Waals surface area contributed by atoms with Gasteiger partial charge >= 0.3 is 6.36 Å². The van der Waals surface area contributed by atoms with E-state index in [0.717, 1.165) is 0 Å². The Morgan fingerprint density at radius 1 is 1.05 bits per heavy atom. The minimum absolute atomic E-state index is 0.150. The van der Waals surface area contributed by atoms with Gasteiger partial charge in [-0.3, -0.25) is 0 Å². The van der Waals surface area contributed by atoms with E-state index in [9.17, 15) is 13.2 Å². The van der Waals surface area contributed by atoms with Gasteiger partial charge in [-0.1, -0.05) is 23.7 Å². The van der Waals surface area contributed by atoms with Crippen LogP contribution >= 0.6 is 11.6 Å². The van der Waals surface area contributed by atoms with Gasteiger partial charge < -0.3 is 15.8 Å². The molecule has 0 aliphatic heterocycles. The van der Waals surface area contributed by atoms with Crippen LogP contribution in [0.2, 0.25) is 5.02 Å². The van der Waals surface area contributed by atoms with Crippen molar-refractivity contribution in [2.24, 2.45) is 0 Å². The Labute approximate surface area is 118 Å². The van der Waals surface area contributed by atoms with E-state index >= 15 is 0 Å². The van der Waals surface area contributed by atoms with E-state index in [-0.39, 0.29) is 11.4 Å². The zero-order chi connectivity index (χ0) is 14.8. The fourth-order valence-electron chi connectivity index (χ4n) is 1.56. The molecule has 0 radical (unpaired) electrons. The number of hydrogen-bond acceptors (Lipinski definition) is 3. The van der Waals surface area contributed by atoms with Gasteiger partial charge in [0.15, 0.2) is 5.75 Å². The molecule has 3 nitrogen and oxygen atoms in total. The number of ether oxygens (including phenoxy) is 1. The predicted molar refractivity (Wildman–Crippen MR) is 72.3 cm³/mol. The van der Waals surface area contributed by atoms with E-state index < -0.39 is 6.36 Å². The van der Waals surface area contributed by atoms with Gasteiger partial charge in [0, 0.05) is 5.69 Å². The topological polar surface area (TPSA) is 47.3 Å². The molecular weight excluding hydrogens is 293 g/mol. The van der Waals surface area contributed by atoms with Crippen molar-refractivity contribution >= 4 is 28.7 Å². The summed E-state index contributed by atoms with van der Waals surface area (Å²) >= 11 is 5.96. The number of rotatable bonds is 3. The summed E-state index contributed by atoms with van der Waals surface area (Å²) in [5.41, 5.74) is 6.59. The number of nitrogens with two attached hydrogens (primary N) is 1. The number of benzene rings is 2. The van der Waals surface area contributed by atoms with Gasteiger partial charge in [0.1, 0.15) is 0 Å². The molecule has 0 unspecified atom stereocenters. The first-order chi connectivity index (χ1) is 9.35. The summed E-state index contributed by atoms with van der Waals surface area (Å²) < 4.78 is 40.8. The Kier molecular flexibility index (Phi) is 3.94. The van der Waals surface area contributed by atoms with E-state index in [0.29, 0.717) is 16.4 Å². The number of hydrogen-bond donors (Lipinski definition) is 2. The fourth-order valence-corrected chi connectivity index (χ4v) is 1.80. The van der Waals surface area contributed by atoms with Gasteiger partial charge in [-0.25, -0.2) is 0 Å². The number of para-hydroxylation sites is 2. The average Bonchev–Trinajstić information content (AvgIpc) is 2.33. The van der Waals surface area contributed by atoms with Crippen LogP contribution in [-0.2, 0) is 0 Å². The van der Waals surface area contributed by atoms with Crippen molar-refractivity contribution in [1.29, 1.82) is 0 Å². The quantitative estimate of drug-likeness (QED) is 0.817. The summed E-state index contributed by atoms with van der Waals surface area (Å²) in [6, 6.07) is 10.3. The number of nitrogen functional groups attached to an aromatic ring is 1. The predicted octanol–water partition coefficient (Wildman–Crippen LogP) is 4.56. The molecule has 0 saturated heterocycles. The van der Waals surface area contributed by atoms with Crippen molar-refractivity contribution < 1.29 is 17.9 Å². The summed E-state index contributed by atoms with van der Waals surface area (Å²) in [6.07, 6.45) is -4.76. The highest BCUT2D eigenvalue weighted by atomic mass is 35.5.